The molecule has 262 valence electrons. The number of hydrogen-bond donors (Lipinski definition) is 3. The molecule has 2 aromatic heterocycles. The first-order valence-corrected chi connectivity index (χ1v) is 16.2. The Morgan fingerprint density at radius 1 is 1.23 bits per heavy atom. The van der Waals surface area contributed by atoms with Gasteiger partial charge in [-0.2, -0.15) is 18.2 Å². The maximum absolute atomic E-state index is 13.3. The quantitative estimate of drug-likeness (QED) is 0.0763. The largest absolute Gasteiger partial charge is 0.489 e. The summed E-state index contributed by atoms with van der Waals surface area (Å²) < 4.78 is 64.5. The zero-order valence-electron chi connectivity index (χ0n) is 26.7. The summed E-state index contributed by atoms with van der Waals surface area (Å²) in [7, 11) is -1.06. The number of aromatic nitrogens is 3. The van der Waals surface area contributed by atoms with Crippen LogP contribution in [0.2, 0.25) is 0 Å². The third kappa shape index (κ3) is 8.48. The number of Topliss-reactive ketones (excluding diaryl/α,β-unsaturated/α-hetero) is 1. The summed E-state index contributed by atoms with van der Waals surface area (Å²) in [5.41, 5.74) is 8.15. The Balaban J connectivity index is 0.00000201. The predicted octanol–water partition coefficient (Wildman–Crippen LogP) is 2.24. The number of β-lactam (4-membered cyclic amide) rings is 1. The number of ketones is 1. The molecule has 0 unspecified atom stereocenters. The number of alkyl halides is 2. The van der Waals surface area contributed by atoms with Crippen molar-refractivity contribution in [3.63, 3.8) is 0 Å². The molecule has 1 amide bonds. The number of nitrogens with two attached hydrogens (primary N) is 1. The van der Waals surface area contributed by atoms with E-state index in [1.807, 2.05) is 49.4 Å². The highest BCUT2D eigenvalue weighted by Crippen LogP contribution is 2.40. The van der Waals surface area contributed by atoms with Crippen LogP contribution in [0.5, 0.6) is 5.75 Å². The van der Waals surface area contributed by atoms with Gasteiger partial charge in [0.15, 0.2) is 23.7 Å². The predicted molar refractivity (Wildman–Crippen MR) is 166 cm³/mol. The summed E-state index contributed by atoms with van der Waals surface area (Å²) in [5.74, 6) is -3.76. The Hall–Kier alpha value is -4.53. The van der Waals surface area contributed by atoms with Gasteiger partial charge in [0.1, 0.15) is 18.1 Å². The zero-order valence-corrected chi connectivity index (χ0v) is 28.3. The number of carbonyl (C=O) groups is 3. The first kappa shape index (κ1) is 37.9. The number of nitrogens with zero attached hydrogens (tertiary/aromatic N) is 5. The van der Waals surface area contributed by atoms with Gasteiger partial charge in [-0.3, -0.25) is 14.1 Å². The monoisotopic (exact) mass is 717 g/mol. The van der Waals surface area contributed by atoms with Crippen LogP contribution in [-0.2, 0) is 48.0 Å². The topological polar surface area (TPSA) is 217 Å². The van der Waals surface area contributed by atoms with Gasteiger partial charge in [-0.15, -0.1) is 20.3 Å². The number of oxime groups is 1. The second-order valence-corrected chi connectivity index (χ2v) is 12.8. The van der Waals surface area contributed by atoms with Gasteiger partial charge in [-0.25, -0.2) is 18.6 Å². The fourth-order valence-electron chi connectivity index (χ4n) is 4.89. The molecule has 0 aliphatic carbocycles. The fraction of sp³-hybridized carbons (Fsp3) is 0.429. The standard InChI is InChI=1S/C27H32N6O10S2.CH2F2/c1-14-22(15(2)32(6)31(14)5)16-7-9-17(10-8-16)41-12-21(25(36)37)42-30-23(19-13-44-26(28)29-19)20(34)11-18-24(35)33(27(18,3)4)43-45(38,39)40;2-1-3/h7-10,13,18,21H,11-12H2,1-6H3,(H3-,28,29,36,37,38,39,40);1H2/p+1/b30-23-;/t18-,21+;/m1./s1. The average molecular weight is 718 g/mol. The van der Waals surface area contributed by atoms with Crippen LogP contribution < -0.4 is 15.2 Å². The maximum Gasteiger partial charge on any atom is 0.418 e. The summed E-state index contributed by atoms with van der Waals surface area (Å²) in [6, 6.07) is 7.11. The second-order valence-electron chi connectivity index (χ2n) is 10.9. The number of nitrogen functional groups attached to an aromatic ring is 1. The third-order valence-electron chi connectivity index (χ3n) is 7.70. The van der Waals surface area contributed by atoms with Gasteiger partial charge in [0.2, 0.25) is 12.6 Å². The van der Waals surface area contributed by atoms with Crippen LogP contribution in [0.3, 0.4) is 0 Å². The van der Waals surface area contributed by atoms with Crippen molar-refractivity contribution in [2.45, 2.75) is 45.8 Å². The lowest BCUT2D eigenvalue weighted by Crippen LogP contribution is -2.68. The number of hydroxylamine groups is 2. The van der Waals surface area contributed by atoms with Gasteiger partial charge in [0.05, 0.1) is 29.8 Å². The first-order valence-electron chi connectivity index (χ1n) is 13.9. The SMILES string of the molecule is Cc1c(-c2ccc(OC[C@H](O/N=C(\C(=O)C[C@@H]3C(=O)N(OS(=O)(=O)O)C3(C)C)c3csc(N)n3)C(=O)O)cc2)c(C)[n+](C)n1C.FCF. The highest BCUT2D eigenvalue weighted by atomic mass is 32.3. The van der Waals surface area contributed by atoms with Crippen molar-refractivity contribution in [1.82, 2.24) is 14.7 Å². The number of aliphatic carboxylic acids is 1. The molecular formula is C28H35F2N6O10S2+. The van der Waals surface area contributed by atoms with Gasteiger partial charge < -0.3 is 20.4 Å². The number of benzene rings is 1. The van der Waals surface area contributed by atoms with Crippen LogP contribution in [0.25, 0.3) is 11.1 Å². The number of thiazole rings is 1. The van der Waals surface area contributed by atoms with E-state index < -0.39 is 71.3 Å². The van der Waals surface area contributed by atoms with Gasteiger partial charge in [0.25, 0.3) is 12.0 Å². The Morgan fingerprint density at radius 3 is 2.29 bits per heavy atom. The molecule has 1 aliphatic rings. The molecular weight excluding hydrogens is 682 g/mol. The number of carboxylic acids is 1. The van der Waals surface area contributed by atoms with Crippen molar-refractivity contribution >= 4 is 50.2 Å². The number of ether oxygens (including phenoxy) is 1. The molecule has 1 saturated heterocycles. The zero-order chi connectivity index (χ0) is 36.1. The molecule has 4 rings (SSSR count). The van der Waals surface area contributed by atoms with Gasteiger partial charge in [-0.1, -0.05) is 17.3 Å². The molecule has 20 heteroatoms. The van der Waals surface area contributed by atoms with Crippen molar-refractivity contribution in [2.75, 3.05) is 19.3 Å². The van der Waals surface area contributed by atoms with E-state index in [9.17, 15) is 36.7 Å². The minimum atomic E-state index is -4.98. The Labute approximate surface area is 278 Å². The number of rotatable bonds is 13. The number of anilines is 1. The number of halogens is 2. The van der Waals surface area contributed by atoms with E-state index in [1.165, 1.54) is 19.2 Å². The lowest BCUT2D eigenvalue weighted by atomic mass is 9.74. The summed E-state index contributed by atoms with van der Waals surface area (Å²) in [4.78, 5) is 47.1. The van der Waals surface area contributed by atoms with E-state index in [0.29, 0.717) is 10.8 Å². The van der Waals surface area contributed by atoms with Crippen LogP contribution in [0.1, 0.15) is 37.4 Å². The highest BCUT2D eigenvalue weighted by molar-refractivity contribution is 7.80. The maximum atomic E-state index is 13.3. The molecule has 3 heterocycles. The highest BCUT2D eigenvalue weighted by Gasteiger charge is 2.57. The lowest BCUT2D eigenvalue weighted by Gasteiger charge is -2.50. The van der Waals surface area contributed by atoms with Gasteiger partial charge in [-0.05, 0) is 38.5 Å². The van der Waals surface area contributed by atoms with Crippen molar-refractivity contribution in [3.05, 3.63) is 46.7 Å². The molecule has 48 heavy (non-hydrogen) atoms. The molecule has 1 aromatic carbocycles. The fourth-order valence-corrected chi connectivity index (χ4v) is 5.89. The Morgan fingerprint density at radius 2 is 1.83 bits per heavy atom. The molecule has 0 saturated carbocycles. The van der Waals surface area contributed by atoms with Crippen molar-refractivity contribution < 1.29 is 59.8 Å². The van der Waals surface area contributed by atoms with Crippen LogP contribution in [0.4, 0.5) is 13.9 Å². The molecule has 1 fully saturated rings. The van der Waals surface area contributed by atoms with E-state index in [2.05, 4.69) is 14.4 Å². The molecule has 0 bridgehead atoms. The minimum Gasteiger partial charge on any atom is -0.489 e. The van der Waals surface area contributed by atoms with Crippen LogP contribution in [0.15, 0.2) is 34.8 Å². The summed E-state index contributed by atoms with van der Waals surface area (Å²) in [5, 5.41) is 15.5. The molecule has 4 N–H and O–H groups in total. The molecule has 3 aromatic rings. The van der Waals surface area contributed by atoms with Gasteiger partial charge >= 0.3 is 16.4 Å². The van der Waals surface area contributed by atoms with E-state index in [4.69, 9.17) is 19.9 Å². The van der Waals surface area contributed by atoms with E-state index in [0.717, 1.165) is 33.9 Å². The second kappa shape index (κ2) is 15.1. The number of amides is 1. The van der Waals surface area contributed by atoms with E-state index >= 15 is 0 Å². The average Bonchev–Trinajstić information content (AvgIpc) is 3.52. The molecule has 1 aliphatic heterocycles. The summed E-state index contributed by atoms with van der Waals surface area (Å²) in [6.07, 6.45) is -2.13. The van der Waals surface area contributed by atoms with Gasteiger partial charge in [0, 0.05) is 18.7 Å². The minimum absolute atomic E-state index is 0.0151. The number of carboxylic acid groups (broad SMARTS) is 1. The third-order valence-corrected chi connectivity index (χ3v) is 8.71. The smallest absolute Gasteiger partial charge is 0.418 e. The van der Waals surface area contributed by atoms with E-state index in [-0.39, 0.29) is 10.8 Å². The first-order chi connectivity index (χ1) is 22.3. The van der Waals surface area contributed by atoms with E-state index in [1.54, 1.807) is 12.1 Å². The van der Waals surface area contributed by atoms with Crippen molar-refractivity contribution in [1.29, 1.82) is 0 Å². The molecule has 2 atom stereocenters. The molecule has 0 spiro atoms. The molecule has 16 nitrogen and oxygen atoms in total. The van der Waals surface area contributed by atoms with Crippen molar-refractivity contribution in [2.24, 2.45) is 25.2 Å². The van der Waals surface area contributed by atoms with Crippen LogP contribution >= 0.6 is 11.3 Å². The molecule has 0 radical (unpaired) electrons. The van der Waals surface area contributed by atoms with Crippen LogP contribution in [-0.4, -0.2) is 81.4 Å². The van der Waals surface area contributed by atoms with Crippen molar-refractivity contribution in [3.8, 4) is 16.9 Å². The Kier molecular flexibility index (Phi) is 12.0. The Bertz CT molecular complexity index is 1780. The lowest BCUT2D eigenvalue weighted by molar-refractivity contribution is -0.756. The van der Waals surface area contributed by atoms with Crippen LogP contribution in [0, 0.1) is 19.8 Å². The number of carbonyl (C=O) groups excluding carboxylic acids is 2. The number of hydrogen-bond acceptors (Lipinski definition) is 12. The summed E-state index contributed by atoms with van der Waals surface area (Å²) in [6.45, 7) is 4.67. The normalized spacial score (nSPS) is 16.4. The summed E-state index contributed by atoms with van der Waals surface area (Å²) >= 11 is 0.992.